The van der Waals surface area contributed by atoms with Gasteiger partial charge >= 0.3 is 0 Å². The number of hydrogen-bond donors (Lipinski definition) is 1. The molecule has 0 fully saturated rings. The Kier molecular flexibility index (Phi) is 5.89. The molecule has 0 saturated carbocycles. The number of aromatic nitrogens is 1. The van der Waals surface area contributed by atoms with Crippen LogP contribution in [-0.2, 0) is 10.5 Å². The first-order valence-electron chi connectivity index (χ1n) is 7.76. The Balaban J connectivity index is 1.65. The smallest absolute Gasteiger partial charge is 0.268 e. The summed E-state index contributed by atoms with van der Waals surface area (Å²) in [5.41, 5.74) is 1.16. The van der Waals surface area contributed by atoms with Crippen molar-refractivity contribution >= 4 is 40.2 Å². The first-order valence-corrected chi connectivity index (χ1v) is 9.56. The average molecular weight is 381 g/mol. The summed E-state index contributed by atoms with van der Waals surface area (Å²) in [5, 5.41) is 13.1. The summed E-state index contributed by atoms with van der Waals surface area (Å²) < 4.78 is 5.68. The molecule has 0 saturated heterocycles. The highest BCUT2D eigenvalue weighted by molar-refractivity contribution is 7.98. The number of amides is 1. The summed E-state index contributed by atoms with van der Waals surface area (Å²) in [6.07, 6.45) is 3.10. The van der Waals surface area contributed by atoms with Gasteiger partial charge in [0.2, 0.25) is 0 Å². The quantitative estimate of drug-likeness (QED) is 0.374. The molecule has 0 radical (unpaired) electrons. The average Bonchev–Trinajstić information content (AvgIpc) is 3.27. The lowest BCUT2D eigenvalue weighted by Crippen LogP contribution is -2.13. The van der Waals surface area contributed by atoms with Crippen molar-refractivity contribution in [2.45, 2.75) is 17.8 Å². The molecule has 1 aromatic carbocycles. The highest BCUT2D eigenvalue weighted by Crippen LogP contribution is 2.26. The van der Waals surface area contributed by atoms with Crippen LogP contribution in [0.15, 0.2) is 63.7 Å². The van der Waals surface area contributed by atoms with Crippen molar-refractivity contribution in [3.8, 4) is 6.07 Å². The van der Waals surface area contributed by atoms with Crippen LogP contribution in [0, 0.1) is 18.3 Å². The molecule has 0 spiro atoms. The molecule has 2 aromatic heterocycles. The molecule has 0 aliphatic carbocycles. The highest BCUT2D eigenvalue weighted by Gasteiger charge is 2.12. The molecule has 26 heavy (non-hydrogen) atoms. The summed E-state index contributed by atoms with van der Waals surface area (Å²) in [5.74, 6) is 0.742. The molecular formula is C19H15N3O2S2. The maximum atomic E-state index is 12.2. The van der Waals surface area contributed by atoms with Crippen molar-refractivity contribution in [1.29, 1.82) is 5.26 Å². The molecule has 130 valence electrons. The minimum absolute atomic E-state index is 0.0354. The highest BCUT2D eigenvalue weighted by atomic mass is 32.2. The normalized spacial score (nSPS) is 11.2. The third-order valence-corrected chi connectivity index (χ3v) is 5.13. The fourth-order valence-electron chi connectivity index (χ4n) is 2.09. The van der Waals surface area contributed by atoms with Crippen LogP contribution in [-0.4, -0.2) is 10.9 Å². The minimum Gasteiger partial charge on any atom is -0.450 e. The lowest BCUT2D eigenvalue weighted by Gasteiger charge is -1.99. The number of nitriles is 1. The fourth-order valence-corrected chi connectivity index (χ4v) is 3.57. The molecule has 0 unspecified atom stereocenters. The molecule has 2 heterocycles. The topological polar surface area (TPSA) is 78.9 Å². The first-order chi connectivity index (χ1) is 12.6. The number of benzene rings is 1. The zero-order chi connectivity index (χ0) is 18.4. The van der Waals surface area contributed by atoms with Gasteiger partial charge < -0.3 is 4.42 Å². The zero-order valence-corrected chi connectivity index (χ0v) is 15.6. The number of anilines is 1. The number of carbonyl (C=O) groups is 1. The molecule has 0 aliphatic rings. The summed E-state index contributed by atoms with van der Waals surface area (Å²) in [6.45, 7) is 1.89. The van der Waals surface area contributed by atoms with Crippen LogP contribution in [0.3, 0.4) is 0 Å². The van der Waals surface area contributed by atoms with E-state index in [1.807, 2.05) is 37.3 Å². The number of carbonyl (C=O) groups excluding carboxylic acids is 1. The maximum Gasteiger partial charge on any atom is 0.268 e. The Morgan fingerprint density at radius 3 is 2.85 bits per heavy atom. The van der Waals surface area contributed by atoms with Gasteiger partial charge in [-0.1, -0.05) is 42.1 Å². The maximum absolute atomic E-state index is 12.2. The van der Waals surface area contributed by atoms with Crippen molar-refractivity contribution < 1.29 is 9.21 Å². The SMILES string of the molecule is Cc1cnc(NC(=O)/C(C#N)=C\c2ccc(SCc3ccccc3)o2)s1. The molecular weight excluding hydrogens is 366 g/mol. The van der Waals surface area contributed by atoms with E-state index < -0.39 is 5.91 Å². The molecule has 1 N–H and O–H groups in total. The third-order valence-electron chi connectivity index (χ3n) is 3.32. The van der Waals surface area contributed by atoms with Crippen molar-refractivity contribution in [2.24, 2.45) is 0 Å². The van der Waals surface area contributed by atoms with Crippen LogP contribution in [0.4, 0.5) is 5.13 Å². The Bertz CT molecular complexity index is 968. The number of rotatable bonds is 6. The zero-order valence-electron chi connectivity index (χ0n) is 13.9. The molecule has 7 heteroatoms. The summed E-state index contributed by atoms with van der Waals surface area (Å²) in [6, 6.07) is 15.5. The third kappa shape index (κ3) is 4.85. The van der Waals surface area contributed by atoms with Crippen LogP contribution in [0.25, 0.3) is 6.08 Å². The molecule has 0 bridgehead atoms. The van der Waals surface area contributed by atoms with Crippen LogP contribution < -0.4 is 5.32 Å². The van der Waals surface area contributed by atoms with Gasteiger partial charge in [0.05, 0.1) is 0 Å². The fraction of sp³-hybridized carbons (Fsp3) is 0.105. The van der Waals surface area contributed by atoms with E-state index >= 15 is 0 Å². The van der Waals surface area contributed by atoms with E-state index in [2.05, 4.69) is 22.4 Å². The minimum atomic E-state index is -0.503. The second kappa shape index (κ2) is 8.52. The number of nitrogens with zero attached hydrogens (tertiary/aromatic N) is 2. The largest absolute Gasteiger partial charge is 0.450 e. The number of thioether (sulfide) groups is 1. The van der Waals surface area contributed by atoms with Gasteiger partial charge in [0.15, 0.2) is 10.2 Å². The molecule has 3 aromatic rings. The number of nitrogens with one attached hydrogen (secondary N) is 1. The molecule has 1 amide bonds. The second-order valence-electron chi connectivity index (χ2n) is 5.33. The monoisotopic (exact) mass is 381 g/mol. The predicted octanol–water partition coefficient (Wildman–Crippen LogP) is 4.88. The Morgan fingerprint density at radius 1 is 1.35 bits per heavy atom. The van der Waals surface area contributed by atoms with Gasteiger partial charge in [0.25, 0.3) is 5.91 Å². The van der Waals surface area contributed by atoms with E-state index in [1.54, 1.807) is 24.0 Å². The Labute approximate surface area is 159 Å². The van der Waals surface area contributed by atoms with E-state index in [1.165, 1.54) is 23.0 Å². The van der Waals surface area contributed by atoms with E-state index in [-0.39, 0.29) is 5.57 Å². The Morgan fingerprint density at radius 2 is 2.15 bits per heavy atom. The van der Waals surface area contributed by atoms with Crippen LogP contribution in [0.2, 0.25) is 0 Å². The standard InChI is InChI=1S/C19H15N3O2S2/c1-13-11-21-19(26-13)22-18(23)15(10-20)9-16-7-8-17(24-16)25-12-14-5-3-2-4-6-14/h2-9,11H,12H2,1H3,(H,21,22,23)/b15-9-. The molecule has 3 rings (SSSR count). The van der Waals surface area contributed by atoms with E-state index in [0.717, 1.165) is 15.7 Å². The van der Waals surface area contributed by atoms with E-state index in [9.17, 15) is 10.1 Å². The summed E-state index contributed by atoms with van der Waals surface area (Å²) >= 11 is 2.91. The van der Waals surface area contributed by atoms with Gasteiger partial charge in [-0.05, 0) is 24.6 Å². The molecule has 5 nitrogen and oxygen atoms in total. The van der Waals surface area contributed by atoms with Gasteiger partial charge in [-0.25, -0.2) is 4.98 Å². The van der Waals surface area contributed by atoms with Crippen LogP contribution in [0.5, 0.6) is 0 Å². The van der Waals surface area contributed by atoms with E-state index in [4.69, 9.17) is 4.42 Å². The van der Waals surface area contributed by atoms with Crippen LogP contribution in [0.1, 0.15) is 16.2 Å². The number of hydrogen-bond acceptors (Lipinski definition) is 6. The van der Waals surface area contributed by atoms with Crippen molar-refractivity contribution in [3.05, 3.63) is 70.4 Å². The summed E-state index contributed by atoms with van der Waals surface area (Å²) in [4.78, 5) is 17.2. The van der Waals surface area contributed by atoms with E-state index in [0.29, 0.717) is 10.9 Å². The lowest BCUT2D eigenvalue weighted by atomic mass is 10.2. The number of thiazole rings is 1. The predicted molar refractivity (Wildman–Crippen MR) is 104 cm³/mol. The van der Waals surface area contributed by atoms with Crippen LogP contribution >= 0.6 is 23.1 Å². The molecule has 0 atom stereocenters. The Hall–Kier alpha value is -2.82. The van der Waals surface area contributed by atoms with Gasteiger partial charge in [-0.2, -0.15) is 5.26 Å². The van der Waals surface area contributed by atoms with Crippen molar-refractivity contribution in [2.75, 3.05) is 5.32 Å². The van der Waals surface area contributed by atoms with Gasteiger partial charge in [0, 0.05) is 22.9 Å². The van der Waals surface area contributed by atoms with Gasteiger partial charge in [-0.15, -0.1) is 11.3 Å². The summed E-state index contributed by atoms with van der Waals surface area (Å²) in [7, 11) is 0. The molecule has 0 aliphatic heterocycles. The first kappa shape index (κ1) is 18.0. The number of aryl methyl sites for hydroxylation is 1. The second-order valence-corrected chi connectivity index (χ2v) is 7.55. The van der Waals surface area contributed by atoms with Gasteiger partial charge in [0.1, 0.15) is 17.4 Å². The van der Waals surface area contributed by atoms with Crippen molar-refractivity contribution in [1.82, 2.24) is 4.98 Å². The van der Waals surface area contributed by atoms with Gasteiger partial charge in [-0.3, -0.25) is 10.1 Å². The lowest BCUT2D eigenvalue weighted by molar-refractivity contribution is -0.112. The number of furan rings is 1. The van der Waals surface area contributed by atoms with Crippen molar-refractivity contribution in [3.63, 3.8) is 0 Å².